The lowest BCUT2D eigenvalue weighted by molar-refractivity contribution is -0.192. The maximum absolute atomic E-state index is 12.7. The maximum atomic E-state index is 12.7. The summed E-state index contributed by atoms with van der Waals surface area (Å²) < 4.78 is 33.5. The van der Waals surface area contributed by atoms with Crippen molar-refractivity contribution in [2.24, 2.45) is 0 Å². The molecular weight excluding hydrogens is 427 g/mol. The molecule has 1 atom stereocenters. The van der Waals surface area contributed by atoms with Crippen LogP contribution in [0.5, 0.6) is 0 Å². The number of fused-ring (bicyclic) bond motifs is 1. The van der Waals surface area contributed by atoms with Gasteiger partial charge < -0.3 is 14.9 Å². The lowest BCUT2D eigenvalue weighted by atomic mass is 10.1. The van der Waals surface area contributed by atoms with Crippen molar-refractivity contribution in [3.63, 3.8) is 0 Å². The first-order valence-electron chi connectivity index (χ1n) is 9.79. The predicted molar refractivity (Wildman–Crippen MR) is 110 cm³/mol. The van der Waals surface area contributed by atoms with E-state index in [0.717, 1.165) is 30.6 Å². The Hall–Kier alpha value is -3.63. The minimum Gasteiger partial charge on any atom is -0.475 e. The Morgan fingerprint density at radius 1 is 1.22 bits per heavy atom. The molecule has 0 radical (unpaired) electrons. The number of carboxylic acids is 1. The Labute approximate surface area is 181 Å². The van der Waals surface area contributed by atoms with Crippen molar-refractivity contribution in [1.29, 1.82) is 0 Å². The molecule has 0 saturated carbocycles. The third-order valence-corrected chi connectivity index (χ3v) is 5.22. The van der Waals surface area contributed by atoms with E-state index in [1.165, 1.54) is 5.69 Å². The van der Waals surface area contributed by atoms with E-state index in [9.17, 15) is 18.0 Å². The van der Waals surface area contributed by atoms with Gasteiger partial charge in [-0.3, -0.25) is 9.78 Å². The molecular formula is C21H22F3N5O3. The average Bonchev–Trinajstić information content (AvgIpc) is 3.42. The van der Waals surface area contributed by atoms with E-state index < -0.39 is 12.1 Å². The summed E-state index contributed by atoms with van der Waals surface area (Å²) in [5, 5.41) is 11.4. The van der Waals surface area contributed by atoms with Crippen molar-refractivity contribution >= 4 is 23.1 Å². The van der Waals surface area contributed by atoms with Crippen LogP contribution in [0.4, 0.5) is 18.9 Å². The van der Waals surface area contributed by atoms with Gasteiger partial charge >= 0.3 is 12.1 Å². The number of carbonyl (C=O) groups is 2. The lowest BCUT2D eigenvalue weighted by Crippen LogP contribution is -2.39. The van der Waals surface area contributed by atoms with Crippen LogP contribution < -0.4 is 4.90 Å². The highest BCUT2D eigenvalue weighted by Crippen LogP contribution is 2.22. The Morgan fingerprint density at radius 2 is 1.91 bits per heavy atom. The van der Waals surface area contributed by atoms with Crippen LogP contribution in [0.15, 0.2) is 55.1 Å². The molecule has 11 heteroatoms. The molecule has 0 bridgehead atoms. The molecule has 4 heterocycles. The second-order valence-corrected chi connectivity index (χ2v) is 7.28. The number of amides is 1. The first-order chi connectivity index (χ1) is 15.2. The summed E-state index contributed by atoms with van der Waals surface area (Å²) in [6, 6.07) is 10.2. The zero-order valence-electron chi connectivity index (χ0n) is 17.2. The van der Waals surface area contributed by atoms with E-state index >= 15 is 0 Å². The van der Waals surface area contributed by atoms with Gasteiger partial charge in [-0.1, -0.05) is 6.07 Å². The molecule has 1 fully saturated rings. The van der Waals surface area contributed by atoms with Crippen LogP contribution in [0, 0.1) is 0 Å². The summed E-state index contributed by atoms with van der Waals surface area (Å²) in [6.45, 7) is 1.82. The van der Waals surface area contributed by atoms with Crippen LogP contribution in [-0.2, 0) is 16.0 Å². The normalized spacial score (nSPS) is 15.9. The minimum atomic E-state index is -5.08. The summed E-state index contributed by atoms with van der Waals surface area (Å²) in [5.74, 6) is -2.62. The fourth-order valence-corrected chi connectivity index (χ4v) is 3.46. The van der Waals surface area contributed by atoms with E-state index in [1.54, 1.807) is 6.20 Å². The zero-order valence-corrected chi connectivity index (χ0v) is 17.2. The van der Waals surface area contributed by atoms with Crippen LogP contribution >= 0.6 is 0 Å². The first-order valence-corrected chi connectivity index (χ1v) is 9.79. The number of nitrogens with zero attached hydrogens (tertiary/aromatic N) is 5. The maximum Gasteiger partial charge on any atom is 0.490 e. The largest absolute Gasteiger partial charge is 0.490 e. The van der Waals surface area contributed by atoms with Crippen molar-refractivity contribution in [2.75, 3.05) is 25.0 Å². The van der Waals surface area contributed by atoms with E-state index in [4.69, 9.17) is 9.90 Å². The summed E-state index contributed by atoms with van der Waals surface area (Å²) in [4.78, 5) is 29.9. The smallest absolute Gasteiger partial charge is 0.475 e. The van der Waals surface area contributed by atoms with Crippen LogP contribution in [0.2, 0.25) is 0 Å². The fourth-order valence-electron chi connectivity index (χ4n) is 3.46. The number of halogens is 3. The zero-order chi connectivity index (χ0) is 23.3. The van der Waals surface area contributed by atoms with Gasteiger partial charge in [0.05, 0.1) is 24.2 Å². The molecule has 3 aromatic heterocycles. The number of anilines is 1. The van der Waals surface area contributed by atoms with Crippen molar-refractivity contribution in [3.05, 3.63) is 60.7 Å². The van der Waals surface area contributed by atoms with Gasteiger partial charge in [0.1, 0.15) is 0 Å². The van der Waals surface area contributed by atoms with Crippen LogP contribution in [0.1, 0.15) is 12.0 Å². The number of likely N-dealkylation sites (N-methyl/N-ethyl adjacent to an activating group) is 1. The molecule has 0 aliphatic carbocycles. The molecule has 8 nitrogen and oxygen atoms in total. The van der Waals surface area contributed by atoms with Crippen molar-refractivity contribution in [1.82, 2.24) is 19.5 Å². The van der Waals surface area contributed by atoms with E-state index in [-0.39, 0.29) is 11.9 Å². The number of carbonyl (C=O) groups excluding carboxylic acids is 1. The summed E-state index contributed by atoms with van der Waals surface area (Å²) in [5.41, 5.74) is 3.14. The van der Waals surface area contributed by atoms with Gasteiger partial charge in [0.15, 0.2) is 0 Å². The second-order valence-electron chi connectivity index (χ2n) is 7.28. The number of hydrogen-bond acceptors (Lipinski definition) is 5. The van der Waals surface area contributed by atoms with Crippen molar-refractivity contribution in [2.45, 2.75) is 25.1 Å². The fraction of sp³-hybridized carbons (Fsp3) is 0.333. The Morgan fingerprint density at radius 3 is 2.56 bits per heavy atom. The molecule has 32 heavy (non-hydrogen) atoms. The van der Waals surface area contributed by atoms with Crippen LogP contribution in [0.25, 0.3) is 5.52 Å². The standard InChI is InChI=1S/C19H21N5O.C2HF3O2/c1-22(17-7-11-23(14-17)16-5-8-20-9-6-16)19(25)12-15-13-21-24-10-3-2-4-18(15)24;3-2(4,5)1(6)7/h2-6,8-10,13,17H,7,11-12,14H2,1H3;(H,6,7). The van der Waals surface area contributed by atoms with Gasteiger partial charge in [-0.25, -0.2) is 9.31 Å². The number of carboxylic acid groups (broad SMARTS) is 1. The number of hydrogen-bond donors (Lipinski definition) is 1. The Balaban J connectivity index is 0.000000360. The quantitative estimate of drug-likeness (QED) is 0.659. The molecule has 1 amide bonds. The lowest BCUT2D eigenvalue weighted by Gasteiger charge is -2.25. The number of rotatable bonds is 4. The number of alkyl halides is 3. The topological polar surface area (TPSA) is 91.0 Å². The van der Waals surface area contributed by atoms with E-state index in [2.05, 4.69) is 15.0 Å². The Kier molecular flexibility index (Phi) is 6.96. The molecule has 0 spiro atoms. The molecule has 1 aliphatic heterocycles. The number of pyridine rings is 2. The molecule has 1 aliphatic rings. The van der Waals surface area contributed by atoms with Crippen LogP contribution in [-0.4, -0.2) is 68.8 Å². The Bertz CT molecular complexity index is 1070. The molecule has 0 aromatic carbocycles. The van der Waals surface area contributed by atoms with Gasteiger partial charge in [-0.15, -0.1) is 0 Å². The van der Waals surface area contributed by atoms with Crippen LogP contribution in [0.3, 0.4) is 0 Å². The minimum absolute atomic E-state index is 0.139. The number of aliphatic carboxylic acids is 1. The summed E-state index contributed by atoms with van der Waals surface area (Å²) in [7, 11) is 1.91. The monoisotopic (exact) mass is 449 g/mol. The van der Waals surface area contributed by atoms with Gasteiger partial charge in [0, 0.05) is 50.0 Å². The van der Waals surface area contributed by atoms with Crippen molar-refractivity contribution in [3.8, 4) is 0 Å². The molecule has 170 valence electrons. The molecule has 4 rings (SSSR count). The van der Waals surface area contributed by atoms with Gasteiger partial charge in [-0.05, 0) is 30.7 Å². The SMILES string of the molecule is CN(C(=O)Cc1cnn2ccccc12)C1CCN(c2ccncc2)C1.O=C(O)C(F)(F)F. The molecule has 1 N–H and O–H groups in total. The highest BCUT2D eigenvalue weighted by molar-refractivity contribution is 5.81. The molecule has 3 aromatic rings. The average molecular weight is 449 g/mol. The predicted octanol–water partition coefficient (Wildman–Crippen LogP) is 2.64. The van der Waals surface area contributed by atoms with E-state index in [0.29, 0.717) is 6.42 Å². The first kappa shape index (κ1) is 23.0. The summed E-state index contributed by atoms with van der Waals surface area (Å²) >= 11 is 0. The van der Waals surface area contributed by atoms with Gasteiger partial charge in [0.2, 0.25) is 5.91 Å². The molecule has 1 unspecified atom stereocenters. The number of aromatic nitrogens is 3. The highest BCUT2D eigenvalue weighted by atomic mass is 19.4. The van der Waals surface area contributed by atoms with Crippen molar-refractivity contribution < 1.29 is 27.9 Å². The van der Waals surface area contributed by atoms with Gasteiger partial charge in [-0.2, -0.15) is 18.3 Å². The highest BCUT2D eigenvalue weighted by Gasteiger charge is 2.38. The molecule has 1 saturated heterocycles. The summed E-state index contributed by atoms with van der Waals surface area (Å²) in [6.07, 6.45) is 3.59. The van der Waals surface area contributed by atoms with Gasteiger partial charge in [0.25, 0.3) is 0 Å². The van der Waals surface area contributed by atoms with E-state index in [1.807, 2.05) is 65.4 Å². The third-order valence-electron chi connectivity index (χ3n) is 5.22. The third kappa shape index (κ3) is 5.54. The second kappa shape index (κ2) is 9.67.